The largest absolute Gasteiger partial charge is 1.00 e. The molecule has 62 valence electrons. The predicted molar refractivity (Wildman–Crippen MR) is 35.0 cm³/mol. The van der Waals surface area contributed by atoms with E-state index in [1.54, 1.807) is 13.8 Å². The molecule has 0 amide bonds. The van der Waals surface area contributed by atoms with Crippen LogP contribution >= 0.6 is 0 Å². The average Bonchev–Trinajstić information content (AvgIpc) is 1.59. The van der Waals surface area contributed by atoms with E-state index in [1.807, 2.05) is 0 Å². The molecule has 0 aromatic carbocycles. The zero-order chi connectivity index (χ0) is 8.20. The molecule has 11 heavy (non-hydrogen) atoms. The zero-order valence-corrected chi connectivity index (χ0v) is 10.2. The standard InChI is InChI=1S/C5H11BF3O.K/c1-5(2)10-4-3-6(7,8)9;/h5H,3-4H2,1-2H3;/q-1;+1. The van der Waals surface area contributed by atoms with Crippen LogP contribution in [0.1, 0.15) is 13.8 Å². The van der Waals surface area contributed by atoms with Crippen molar-refractivity contribution in [2.24, 2.45) is 0 Å². The molecule has 0 saturated carbocycles. The van der Waals surface area contributed by atoms with Crippen molar-refractivity contribution in [2.45, 2.75) is 26.3 Å². The zero-order valence-electron chi connectivity index (χ0n) is 7.11. The number of hydrogen-bond acceptors (Lipinski definition) is 1. The van der Waals surface area contributed by atoms with Gasteiger partial charge in [-0.2, -0.15) is 0 Å². The minimum absolute atomic E-state index is 0. The van der Waals surface area contributed by atoms with Crippen LogP contribution in [0.4, 0.5) is 12.9 Å². The van der Waals surface area contributed by atoms with Crippen molar-refractivity contribution in [2.75, 3.05) is 6.61 Å². The molecule has 6 heteroatoms. The van der Waals surface area contributed by atoms with Gasteiger partial charge in [0.05, 0.1) is 6.10 Å². The molecule has 0 radical (unpaired) electrons. The van der Waals surface area contributed by atoms with Crippen LogP contribution in [0.15, 0.2) is 0 Å². The van der Waals surface area contributed by atoms with E-state index in [1.165, 1.54) is 0 Å². The van der Waals surface area contributed by atoms with E-state index in [9.17, 15) is 12.9 Å². The monoisotopic (exact) mass is 194 g/mol. The van der Waals surface area contributed by atoms with Crippen LogP contribution < -0.4 is 51.4 Å². The van der Waals surface area contributed by atoms with Gasteiger partial charge in [-0.3, -0.25) is 0 Å². The van der Waals surface area contributed by atoms with Crippen LogP contribution in [-0.2, 0) is 4.74 Å². The van der Waals surface area contributed by atoms with Gasteiger partial charge < -0.3 is 17.7 Å². The minimum Gasteiger partial charge on any atom is -0.449 e. The molecular weight excluding hydrogens is 183 g/mol. The molecule has 0 aliphatic carbocycles. The van der Waals surface area contributed by atoms with E-state index in [2.05, 4.69) is 0 Å². The molecule has 1 nitrogen and oxygen atoms in total. The fourth-order valence-electron chi connectivity index (χ4n) is 0.437. The van der Waals surface area contributed by atoms with Crippen molar-refractivity contribution < 1.29 is 69.1 Å². The first kappa shape index (κ1) is 14.9. The molecule has 0 aliphatic rings. The van der Waals surface area contributed by atoms with Gasteiger partial charge in [0.25, 0.3) is 0 Å². The van der Waals surface area contributed by atoms with E-state index >= 15 is 0 Å². The Labute approximate surface area is 108 Å². The molecule has 0 aromatic rings. The Kier molecular flexibility index (Phi) is 9.39. The van der Waals surface area contributed by atoms with Crippen molar-refractivity contribution in [3.63, 3.8) is 0 Å². The van der Waals surface area contributed by atoms with Crippen LogP contribution in [0.2, 0.25) is 6.32 Å². The number of ether oxygens (including phenoxy) is 1. The predicted octanol–water partition coefficient (Wildman–Crippen LogP) is -0.737. The summed E-state index contributed by atoms with van der Waals surface area (Å²) in [5.74, 6) is 0. The van der Waals surface area contributed by atoms with Gasteiger partial charge in [0.1, 0.15) is 0 Å². The Balaban J connectivity index is 0. The van der Waals surface area contributed by atoms with Crippen molar-refractivity contribution in [3.8, 4) is 0 Å². The summed E-state index contributed by atoms with van der Waals surface area (Å²) in [6, 6.07) is 0. The molecule has 0 aliphatic heterocycles. The maximum absolute atomic E-state index is 11.5. The van der Waals surface area contributed by atoms with Gasteiger partial charge in [0, 0.05) is 6.61 Å². The third-order valence-electron chi connectivity index (χ3n) is 0.896. The summed E-state index contributed by atoms with van der Waals surface area (Å²) in [5.41, 5.74) is 0. The topological polar surface area (TPSA) is 9.23 Å². The quantitative estimate of drug-likeness (QED) is 0.536. The van der Waals surface area contributed by atoms with Crippen molar-refractivity contribution in [3.05, 3.63) is 0 Å². The Bertz CT molecular complexity index is 96.2. The van der Waals surface area contributed by atoms with Gasteiger partial charge >= 0.3 is 58.4 Å². The molecule has 0 spiro atoms. The molecule has 0 fully saturated rings. The molecule has 0 rings (SSSR count). The first-order valence-electron chi connectivity index (χ1n) is 3.24. The fraction of sp³-hybridized carbons (Fsp3) is 1.00. The van der Waals surface area contributed by atoms with Gasteiger partial charge in [-0.25, -0.2) is 0 Å². The number of rotatable bonds is 4. The molecular formula is C5H11BF3KO. The van der Waals surface area contributed by atoms with Gasteiger partial charge in [-0.15, -0.1) is 0 Å². The first-order chi connectivity index (χ1) is 4.42. The molecule has 0 aromatic heterocycles. The molecule has 0 unspecified atom stereocenters. The fourth-order valence-corrected chi connectivity index (χ4v) is 0.437. The summed E-state index contributed by atoms with van der Waals surface area (Å²) >= 11 is 0. The first-order valence-corrected chi connectivity index (χ1v) is 3.24. The summed E-state index contributed by atoms with van der Waals surface area (Å²) in [7, 11) is 0. The van der Waals surface area contributed by atoms with E-state index in [0.29, 0.717) is 0 Å². The Hall–Kier alpha value is 1.45. The Morgan fingerprint density at radius 3 is 2.00 bits per heavy atom. The third-order valence-corrected chi connectivity index (χ3v) is 0.896. The van der Waals surface area contributed by atoms with Crippen LogP contribution in [-0.4, -0.2) is 19.7 Å². The summed E-state index contributed by atoms with van der Waals surface area (Å²) in [5, 5.41) is 0. The molecule has 0 N–H and O–H groups in total. The number of halogens is 3. The molecule has 0 atom stereocenters. The van der Waals surface area contributed by atoms with Crippen LogP contribution in [0.3, 0.4) is 0 Å². The minimum atomic E-state index is -4.66. The van der Waals surface area contributed by atoms with Crippen LogP contribution in [0, 0.1) is 0 Å². The van der Waals surface area contributed by atoms with Crippen molar-refractivity contribution in [1.29, 1.82) is 0 Å². The van der Waals surface area contributed by atoms with E-state index < -0.39 is 13.3 Å². The van der Waals surface area contributed by atoms with E-state index in [0.717, 1.165) is 0 Å². The molecule has 0 heterocycles. The maximum atomic E-state index is 11.5. The summed E-state index contributed by atoms with van der Waals surface area (Å²) in [6.07, 6.45) is -0.906. The average molecular weight is 194 g/mol. The Morgan fingerprint density at radius 2 is 1.73 bits per heavy atom. The van der Waals surface area contributed by atoms with Gasteiger partial charge in [-0.05, 0) is 13.8 Å². The third kappa shape index (κ3) is 14.3. The second-order valence-corrected chi connectivity index (χ2v) is 2.42. The summed E-state index contributed by atoms with van der Waals surface area (Å²) in [4.78, 5) is 0. The smallest absolute Gasteiger partial charge is 0.449 e. The van der Waals surface area contributed by atoms with Gasteiger partial charge in [-0.1, -0.05) is 6.32 Å². The van der Waals surface area contributed by atoms with Gasteiger partial charge in [0.2, 0.25) is 0 Å². The molecule has 0 bridgehead atoms. The Morgan fingerprint density at radius 1 is 1.27 bits per heavy atom. The molecule has 0 saturated heterocycles. The van der Waals surface area contributed by atoms with Crippen LogP contribution in [0.5, 0.6) is 0 Å². The van der Waals surface area contributed by atoms with Crippen LogP contribution in [0.25, 0.3) is 0 Å². The summed E-state index contributed by atoms with van der Waals surface area (Å²) in [6.45, 7) is -1.44. The van der Waals surface area contributed by atoms with Gasteiger partial charge in [0.15, 0.2) is 0 Å². The summed E-state index contributed by atoms with van der Waals surface area (Å²) < 4.78 is 39.2. The SMILES string of the molecule is CC(C)OCC[B-](F)(F)F.[K+]. The normalized spacial score (nSPS) is 11.5. The maximum Gasteiger partial charge on any atom is 1.00 e. The number of hydrogen-bond donors (Lipinski definition) is 0. The van der Waals surface area contributed by atoms with Crippen molar-refractivity contribution in [1.82, 2.24) is 0 Å². The van der Waals surface area contributed by atoms with E-state index in [-0.39, 0.29) is 64.1 Å². The second-order valence-electron chi connectivity index (χ2n) is 2.42. The second kappa shape index (κ2) is 6.91. The van der Waals surface area contributed by atoms with Crippen molar-refractivity contribution >= 4 is 6.98 Å². The van der Waals surface area contributed by atoms with E-state index in [4.69, 9.17) is 4.74 Å².